The van der Waals surface area contributed by atoms with E-state index in [9.17, 15) is 0 Å². The summed E-state index contributed by atoms with van der Waals surface area (Å²) in [6.45, 7) is 3.29. The molecule has 1 N–H and O–H groups in total. The minimum absolute atomic E-state index is 0.418. The largest absolute Gasteiger partial charge is 0.496 e. The van der Waals surface area contributed by atoms with Crippen LogP contribution in [0.4, 0.5) is 0 Å². The van der Waals surface area contributed by atoms with Gasteiger partial charge in [-0.05, 0) is 37.6 Å². The van der Waals surface area contributed by atoms with Gasteiger partial charge in [-0.3, -0.25) is 0 Å². The number of hydrogen-bond donors (Lipinski definition) is 1. The van der Waals surface area contributed by atoms with E-state index < -0.39 is 0 Å². The van der Waals surface area contributed by atoms with Gasteiger partial charge in [-0.2, -0.15) is 11.8 Å². The lowest BCUT2D eigenvalue weighted by atomic mass is 9.98. The van der Waals surface area contributed by atoms with Crippen LogP contribution in [0.5, 0.6) is 5.75 Å². The number of nitrogens with one attached hydrogen (secondary N) is 1. The Balaban J connectivity index is 2.19. The Morgan fingerprint density at radius 2 is 2.21 bits per heavy atom. The summed E-state index contributed by atoms with van der Waals surface area (Å²) in [4.78, 5) is 0. The van der Waals surface area contributed by atoms with Gasteiger partial charge in [0.05, 0.1) is 7.11 Å². The lowest BCUT2D eigenvalue weighted by Gasteiger charge is -2.31. The Bertz CT molecular complexity index is 377. The molecular weight excluding hydrogens is 254 g/mol. The highest BCUT2D eigenvalue weighted by Gasteiger charge is 2.27. The monoisotopic (exact) mass is 279 g/mol. The first kappa shape index (κ1) is 14.7. The fraction of sp³-hybridized carbons (Fsp3) is 0.625. The van der Waals surface area contributed by atoms with E-state index in [4.69, 9.17) is 4.74 Å². The Hall–Kier alpha value is -0.670. The first-order chi connectivity index (χ1) is 9.36. The third-order valence-corrected chi connectivity index (χ3v) is 5.14. The van der Waals surface area contributed by atoms with Gasteiger partial charge in [0, 0.05) is 16.9 Å². The van der Waals surface area contributed by atoms with Crippen LogP contribution in [0, 0.1) is 0 Å². The number of ether oxygens (including phenoxy) is 1. The molecule has 0 spiro atoms. The van der Waals surface area contributed by atoms with E-state index in [1.807, 2.05) is 6.07 Å². The molecule has 1 aliphatic heterocycles. The number of rotatable bonds is 6. The lowest BCUT2D eigenvalue weighted by molar-refractivity contribution is 0.393. The van der Waals surface area contributed by atoms with E-state index in [2.05, 4.69) is 42.2 Å². The Labute approximate surface area is 121 Å². The van der Waals surface area contributed by atoms with Crippen molar-refractivity contribution in [2.75, 3.05) is 19.4 Å². The van der Waals surface area contributed by atoms with Crippen LogP contribution in [0.2, 0.25) is 0 Å². The Kier molecular flexibility index (Phi) is 6.05. The molecule has 2 unspecified atom stereocenters. The summed E-state index contributed by atoms with van der Waals surface area (Å²) < 4.78 is 5.55. The zero-order valence-corrected chi connectivity index (χ0v) is 12.8. The number of thioether (sulfide) groups is 1. The van der Waals surface area contributed by atoms with Gasteiger partial charge in [-0.25, -0.2) is 0 Å². The molecule has 1 fully saturated rings. The summed E-state index contributed by atoms with van der Waals surface area (Å²) in [7, 11) is 1.77. The molecule has 1 aromatic rings. The van der Waals surface area contributed by atoms with E-state index in [0.29, 0.717) is 11.3 Å². The summed E-state index contributed by atoms with van der Waals surface area (Å²) in [5.41, 5.74) is 1.32. The van der Waals surface area contributed by atoms with Crippen molar-refractivity contribution in [3.05, 3.63) is 29.8 Å². The molecule has 3 heteroatoms. The molecule has 0 amide bonds. The molecule has 0 aliphatic carbocycles. The SMILES string of the molecule is CCCNC(c1ccccc1OC)C1CCCCS1. The number of methoxy groups -OCH3 is 1. The van der Waals surface area contributed by atoms with Gasteiger partial charge in [-0.15, -0.1) is 0 Å². The zero-order chi connectivity index (χ0) is 13.5. The van der Waals surface area contributed by atoms with E-state index in [1.165, 1.54) is 37.0 Å². The lowest BCUT2D eigenvalue weighted by Crippen LogP contribution is -2.32. The number of hydrogen-bond acceptors (Lipinski definition) is 3. The topological polar surface area (TPSA) is 21.3 Å². The highest BCUT2D eigenvalue weighted by Crippen LogP contribution is 2.37. The quantitative estimate of drug-likeness (QED) is 0.849. The normalized spacial score (nSPS) is 21.1. The first-order valence-corrected chi connectivity index (χ1v) is 8.39. The maximum atomic E-state index is 5.55. The van der Waals surface area contributed by atoms with Crippen molar-refractivity contribution in [1.29, 1.82) is 0 Å². The molecule has 1 aliphatic rings. The molecular formula is C16H25NOS. The van der Waals surface area contributed by atoms with Crippen molar-refractivity contribution < 1.29 is 4.74 Å². The van der Waals surface area contributed by atoms with Crippen LogP contribution in [0.3, 0.4) is 0 Å². The van der Waals surface area contributed by atoms with Crippen molar-refractivity contribution in [1.82, 2.24) is 5.32 Å². The van der Waals surface area contributed by atoms with Crippen LogP contribution >= 0.6 is 11.8 Å². The molecule has 2 nitrogen and oxygen atoms in total. The van der Waals surface area contributed by atoms with Crippen molar-refractivity contribution in [3.8, 4) is 5.75 Å². The molecule has 1 saturated heterocycles. The Morgan fingerprint density at radius 3 is 2.89 bits per heavy atom. The third-order valence-electron chi connectivity index (χ3n) is 3.67. The van der Waals surface area contributed by atoms with Crippen LogP contribution in [-0.2, 0) is 0 Å². The third kappa shape index (κ3) is 3.90. The highest BCUT2D eigenvalue weighted by molar-refractivity contribution is 8.00. The van der Waals surface area contributed by atoms with Crippen LogP contribution < -0.4 is 10.1 Å². The van der Waals surface area contributed by atoms with Gasteiger partial charge < -0.3 is 10.1 Å². The minimum atomic E-state index is 0.418. The molecule has 1 heterocycles. The molecule has 19 heavy (non-hydrogen) atoms. The van der Waals surface area contributed by atoms with Crippen molar-refractivity contribution >= 4 is 11.8 Å². The molecule has 2 rings (SSSR count). The van der Waals surface area contributed by atoms with Crippen LogP contribution in [0.25, 0.3) is 0 Å². The van der Waals surface area contributed by atoms with Gasteiger partial charge in [-0.1, -0.05) is 31.5 Å². The molecule has 0 saturated carbocycles. The maximum absolute atomic E-state index is 5.55. The number of benzene rings is 1. The van der Waals surface area contributed by atoms with E-state index in [1.54, 1.807) is 7.11 Å². The van der Waals surface area contributed by atoms with Gasteiger partial charge >= 0.3 is 0 Å². The van der Waals surface area contributed by atoms with Crippen LogP contribution in [0.15, 0.2) is 24.3 Å². The number of para-hydroxylation sites is 1. The molecule has 106 valence electrons. The average Bonchev–Trinajstić information content (AvgIpc) is 2.49. The summed E-state index contributed by atoms with van der Waals surface area (Å²) in [5, 5.41) is 4.41. The fourth-order valence-corrected chi connectivity index (χ4v) is 4.14. The molecule has 1 aromatic carbocycles. The average molecular weight is 279 g/mol. The summed E-state index contributed by atoms with van der Waals surface area (Å²) >= 11 is 2.12. The van der Waals surface area contributed by atoms with Crippen molar-refractivity contribution in [3.63, 3.8) is 0 Å². The molecule has 0 bridgehead atoms. The van der Waals surface area contributed by atoms with Crippen LogP contribution in [-0.4, -0.2) is 24.7 Å². The summed E-state index contributed by atoms with van der Waals surface area (Å²) in [5.74, 6) is 2.31. The second kappa shape index (κ2) is 7.81. The second-order valence-corrected chi connectivity index (χ2v) is 6.43. The summed E-state index contributed by atoms with van der Waals surface area (Å²) in [6.07, 6.45) is 5.21. The van der Waals surface area contributed by atoms with E-state index in [-0.39, 0.29) is 0 Å². The zero-order valence-electron chi connectivity index (χ0n) is 12.0. The van der Waals surface area contributed by atoms with E-state index >= 15 is 0 Å². The molecule has 0 aromatic heterocycles. The molecule has 0 radical (unpaired) electrons. The summed E-state index contributed by atoms with van der Waals surface area (Å²) in [6, 6.07) is 8.87. The van der Waals surface area contributed by atoms with Gasteiger partial charge in [0.25, 0.3) is 0 Å². The smallest absolute Gasteiger partial charge is 0.123 e. The maximum Gasteiger partial charge on any atom is 0.123 e. The standard InChI is InChI=1S/C16H25NOS/c1-3-11-17-16(15-10-6-7-12-19-15)13-8-4-5-9-14(13)18-2/h4-5,8-9,15-17H,3,6-7,10-12H2,1-2H3. The molecule has 2 atom stereocenters. The van der Waals surface area contributed by atoms with Crippen LogP contribution in [0.1, 0.15) is 44.2 Å². The predicted octanol–water partition coefficient (Wildman–Crippen LogP) is 4.02. The Morgan fingerprint density at radius 1 is 1.37 bits per heavy atom. The van der Waals surface area contributed by atoms with Gasteiger partial charge in [0.15, 0.2) is 0 Å². The predicted molar refractivity (Wildman–Crippen MR) is 84.1 cm³/mol. The van der Waals surface area contributed by atoms with Crippen molar-refractivity contribution in [2.45, 2.75) is 43.9 Å². The van der Waals surface area contributed by atoms with E-state index in [0.717, 1.165) is 12.3 Å². The van der Waals surface area contributed by atoms with Crippen molar-refractivity contribution in [2.24, 2.45) is 0 Å². The van der Waals surface area contributed by atoms with Gasteiger partial charge in [0.2, 0.25) is 0 Å². The highest BCUT2D eigenvalue weighted by atomic mass is 32.2. The van der Waals surface area contributed by atoms with Gasteiger partial charge in [0.1, 0.15) is 5.75 Å². The second-order valence-electron chi connectivity index (χ2n) is 5.08. The fourth-order valence-electron chi connectivity index (χ4n) is 2.69. The first-order valence-electron chi connectivity index (χ1n) is 7.34. The minimum Gasteiger partial charge on any atom is -0.496 e.